The van der Waals surface area contributed by atoms with E-state index in [1.165, 1.54) is 16.8 Å². The maximum Gasteiger partial charge on any atom is 0.136 e. The molecule has 0 N–H and O–H groups in total. The van der Waals surface area contributed by atoms with Gasteiger partial charge in [-0.1, -0.05) is 48.5 Å². The van der Waals surface area contributed by atoms with Gasteiger partial charge in [0, 0.05) is 56.0 Å². The van der Waals surface area contributed by atoms with Crippen molar-refractivity contribution < 1.29 is 4.74 Å². The number of hydrogen-bond acceptors (Lipinski definition) is 6. The van der Waals surface area contributed by atoms with Crippen molar-refractivity contribution in [1.82, 2.24) is 24.3 Å². The van der Waals surface area contributed by atoms with Crippen molar-refractivity contribution in [1.29, 1.82) is 0 Å². The molecule has 0 saturated carbocycles. The first kappa shape index (κ1) is 29.3. The molecular formula is C36H44N6O. The second-order valence-corrected chi connectivity index (χ2v) is 11.9. The molecule has 0 unspecified atom stereocenters. The third-order valence-corrected chi connectivity index (χ3v) is 8.54. The van der Waals surface area contributed by atoms with Gasteiger partial charge >= 0.3 is 0 Å². The molecule has 1 fully saturated rings. The fraction of sp³-hybridized carbons (Fsp3) is 0.389. The monoisotopic (exact) mass is 576 g/mol. The summed E-state index contributed by atoms with van der Waals surface area (Å²) in [7, 11) is 6.47. The molecule has 1 aliphatic heterocycles. The molecule has 7 nitrogen and oxygen atoms in total. The Hall–Kier alpha value is -3.78. The first-order valence-corrected chi connectivity index (χ1v) is 15.7. The van der Waals surface area contributed by atoms with Crippen LogP contribution in [0.25, 0.3) is 44.3 Å². The SMILES string of the molecule is CCOCc1nc2c(-c3ccc(N4CCN(C)CC4)cc3)nc3ccc(-c4ccccc4)cc3c2n1CCCCN(C)C. The molecule has 3 heterocycles. The number of unbranched alkanes of at least 4 members (excludes halogenated alkanes) is 1. The standard InChI is InChI=1S/C36H44N6O/c1-5-43-26-33-38-35-34(28-13-16-30(17-14-28)41-23-21-40(4)22-24-41)37-32-18-15-29(27-11-7-6-8-12-27)25-31(32)36(35)42(33)20-10-9-19-39(2)3/h6-8,11-18,25H,5,9-10,19-24,26H2,1-4H3. The second-order valence-electron chi connectivity index (χ2n) is 11.9. The van der Waals surface area contributed by atoms with E-state index in [4.69, 9.17) is 14.7 Å². The van der Waals surface area contributed by atoms with Gasteiger partial charge < -0.3 is 24.0 Å². The van der Waals surface area contributed by atoms with Crippen LogP contribution < -0.4 is 4.90 Å². The van der Waals surface area contributed by atoms with Crippen LogP contribution in [-0.4, -0.2) is 84.8 Å². The molecule has 2 aromatic heterocycles. The molecule has 0 atom stereocenters. The summed E-state index contributed by atoms with van der Waals surface area (Å²) in [5.41, 5.74) is 8.78. The van der Waals surface area contributed by atoms with Gasteiger partial charge in [-0.3, -0.25) is 0 Å². The quantitative estimate of drug-likeness (QED) is 0.166. The van der Waals surface area contributed by atoms with Crippen molar-refractivity contribution in [2.45, 2.75) is 32.9 Å². The average molecular weight is 577 g/mol. The third kappa shape index (κ3) is 6.44. The molecule has 1 aliphatic rings. The van der Waals surface area contributed by atoms with E-state index in [0.29, 0.717) is 13.2 Å². The van der Waals surface area contributed by atoms with E-state index < -0.39 is 0 Å². The lowest BCUT2D eigenvalue weighted by Gasteiger charge is -2.34. The Morgan fingerprint density at radius 3 is 2.28 bits per heavy atom. The Bertz CT molecular complexity index is 1650. The van der Waals surface area contributed by atoms with Gasteiger partial charge in [0.2, 0.25) is 0 Å². The van der Waals surface area contributed by atoms with Crippen LogP contribution in [0.15, 0.2) is 72.8 Å². The van der Waals surface area contributed by atoms with Gasteiger partial charge in [0.1, 0.15) is 17.9 Å². The van der Waals surface area contributed by atoms with E-state index in [0.717, 1.165) is 91.1 Å². The van der Waals surface area contributed by atoms with E-state index in [1.54, 1.807) is 0 Å². The first-order chi connectivity index (χ1) is 21.0. The molecule has 0 bridgehead atoms. The summed E-state index contributed by atoms with van der Waals surface area (Å²) in [5, 5.41) is 1.14. The van der Waals surface area contributed by atoms with Crippen molar-refractivity contribution >= 4 is 27.6 Å². The van der Waals surface area contributed by atoms with Crippen LogP contribution in [0.1, 0.15) is 25.6 Å². The van der Waals surface area contributed by atoms with Crippen molar-refractivity contribution in [3.63, 3.8) is 0 Å². The number of anilines is 1. The molecule has 43 heavy (non-hydrogen) atoms. The Balaban J connectivity index is 1.48. The zero-order valence-corrected chi connectivity index (χ0v) is 26.1. The molecule has 1 saturated heterocycles. The van der Waals surface area contributed by atoms with Gasteiger partial charge in [-0.25, -0.2) is 9.97 Å². The average Bonchev–Trinajstić information content (AvgIpc) is 3.40. The number of hydrogen-bond donors (Lipinski definition) is 0. The molecule has 0 radical (unpaired) electrons. The fourth-order valence-electron chi connectivity index (χ4n) is 6.08. The molecular weight excluding hydrogens is 532 g/mol. The normalized spacial score (nSPS) is 14.4. The van der Waals surface area contributed by atoms with Gasteiger partial charge in [-0.05, 0) is 82.8 Å². The smallest absolute Gasteiger partial charge is 0.136 e. The summed E-state index contributed by atoms with van der Waals surface area (Å²) in [6.07, 6.45) is 2.19. The minimum Gasteiger partial charge on any atom is -0.374 e. The molecule has 6 rings (SSSR count). The number of aromatic nitrogens is 3. The van der Waals surface area contributed by atoms with Crippen LogP contribution in [0.4, 0.5) is 5.69 Å². The zero-order valence-electron chi connectivity index (χ0n) is 26.1. The van der Waals surface area contributed by atoms with Crippen LogP contribution in [0.3, 0.4) is 0 Å². The minimum absolute atomic E-state index is 0.487. The Morgan fingerprint density at radius 1 is 0.814 bits per heavy atom. The Morgan fingerprint density at radius 2 is 1.56 bits per heavy atom. The van der Waals surface area contributed by atoms with Gasteiger partial charge in [-0.15, -0.1) is 0 Å². The number of likely N-dealkylation sites (N-methyl/N-ethyl adjacent to an activating group) is 1. The highest BCUT2D eigenvalue weighted by molar-refractivity contribution is 6.09. The van der Waals surface area contributed by atoms with E-state index in [9.17, 15) is 0 Å². The van der Waals surface area contributed by atoms with Crippen LogP contribution in [0, 0.1) is 0 Å². The predicted octanol–water partition coefficient (Wildman–Crippen LogP) is 6.55. The minimum atomic E-state index is 0.487. The number of nitrogens with zero attached hydrogens (tertiary/aromatic N) is 6. The maximum absolute atomic E-state index is 5.95. The number of fused-ring (bicyclic) bond motifs is 3. The third-order valence-electron chi connectivity index (χ3n) is 8.54. The van der Waals surface area contributed by atoms with Gasteiger partial charge in [-0.2, -0.15) is 0 Å². The highest BCUT2D eigenvalue weighted by atomic mass is 16.5. The van der Waals surface area contributed by atoms with Gasteiger partial charge in [0.15, 0.2) is 0 Å². The number of imidazole rings is 1. The largest absolute Gasteiger partial charge is 0.374 e. The molecule has 5 aromatic rings. The summed E-state index contributed by atoms with van der Waals surface area (Å²) in [4.78, 5) is 17.6. The summed E-state index contributed by atoms with van der Waals surface area (Å²) < 4.78 is 8.36. The fourth-order valence-corrected chi connectivity index (χ4v) is 6.08. The number of benzene rings is 3. The summed E-state index contributed by atoms with van der Waals surface area (Å²) in [5.74, 6) is 0.969. The molecule has 224 valence electrons. The van der Waals surface area contributed by atoms with Gasteiger partial charge in [0.05, 0.1) is 16.7 Å². The van der Waals surface area contributed by atoms with Gasteiger partial charge in [0.25, 0.3) is 0 Å². The summed E-state index contributed by atoms with van der Waals surface area (Å²) >= 11 is 0. The second kappa shape index (κ2) is 13.2. The van der Waals surface area contributed by atoms with E-state index in [2.05, 4.69) is 113 Å². The maximum atomic E-state index is 5.95. The van der Waals surface area contributed by atoms with E-state index >= 15 is 0 Å². The van der Waals surface area contributed by atoms with Crippen LogP contribution >= 0.6 is 0 Å². The summed E-state index contributed by atoms with van der Waals surface area (Å²) in [6, 6.07) is 26.2. The molecule has 7 heteroatoms. The number of pyridine rings is 1. The van der Waals surface area contributed by atoms with Crippen molar-refractivity contribution in [3.8, 4) is 22.4 Å². The Labute approximate surface area is 255 Å². The van der Waals surface area contributed by atoms with E-state index in [1.807, 2.05) is 6.92 Å². The lowest BCUT2D eigenvalue weighted by molar-refractivity contribution is 0.126. The highest BCUT2D eigenvalue weighted by Crippen LogP contribution is 2.36. The Kier molecular flexibility index (Phi) is 9.03. The number of rotatable bonds is 11. The number of piperazine rings is 1. The molecule has 3 aromatic carbocycles. The molecule has 0 amide bonds. The van der Waals surface area contributed by atoms with E-state index in [-0.39, 0.29) is 0 Å². The highest BCUT2D eigenvalue weighted by Gasteiger charge is 2.21. The van der Waals surface area contributed by atoms with Crippen molar-refractivity contribution in [2.24, 2.45) is 0 Å². The van der Waals surface area contributed by atoms with Crippen LogP contribution in [0.2, 0.25) is 0 Å². The van der Waals surface area contributed by atoms with Crippen molar-refractivity contribution in [3.05, 3.63) is 78.6 Å². The zero-order chi connectivity index (χ0) is 29.8. The lowest BCUT2D eigenvalue weighted by Crippen LogP contribution is -2.44. The molecule has 0 aliphatic carbocycles. The van der Waals surface area contributed by atoms with Crippen molar-refractivity contribution in [2.75, 3.05) is 65.4 Å². The first-order valence-electron chi connectivity index (χ1n) is 15.7. The van der Waals surface area contributed by atoms with Crippen LogP contribution in [0.5, 0.6) is 0 Å². The summed E-state index contributed by atoms with van der Waals surface area (Å²) in [6.45, 7) is 9.43. The lowest BCUT2D eigenvalue weighted by atomic mass is 10.0. The number of ether oxygens (including phenoxy) is 1. The number of aryl methyl sites for hydroxylation is 1. The predicted molar refractivity (Wildman–Crippen MR) is 179 cm³/mol. The van der Waals surface area contributed by atoms with Crippen LogP contribution in [-0.2, 0) is 17.9 Å². The molecule has 0 spiro atoms. The topological polar surface area (TPSA) is 49.7 Å².